The molecule has 7 heteroatoms. The summed E-state index contributed by atoms with van der Waals surface area (Å²) < 4.78 is 2.14. The summed E-state index contributed by atoms with van der Waals surface area (Å²) >= 11 is 3.40. The first-order chi connectivity index (χ1) is 14.9. The van der Waals surface area contributed by atoms with Crippen LogP contribution in [0.4, 0.5) is 0 Å². The molecule has 0 saturated heterocycles. The van der Waals surface area contributed by atoms with E-state index in [0.717, 1.165) is 39.3 Å². The van der Waals surface area contributed by atoms with Crippen molar-refractivity contribution in [3.05, 3.63) is 96.6 Å². The first-order valence-electron chi connectivity index (χ1n) is 9.61. The summed E-state index contributed by atoms with van der Waals surface area (Å²) in [4.78, 5) is 9.28. The van der Waals surface area contributed by atoms with Gasteiger partial charge in [0, 0.05) is 10.6 Å². The smallest absolute Gasteiger partial charge is 0.196 e. The number of H-pyrrole nitrogens is 1. The van der Waals surface area contributed by atoms with Crippen LogP contribution >= 0.6 is 23.5 Å². The molecule has 0 amide bonds. The van der Waals surface area contributed by atoms with Crippen molar-refractivity contribution in [2.24, 2.45) is 0 Å². The maximum absolute atomic E-state index is 4.68. The summed E-state index contributed by atoms with van der Waals surface area (Å²) in [5.74, 6) is 3.31. The van der Waals surface area contributed by atoms with Gasteiger partial charge < -0.3 is 4.98 Å². The van der Waals surface area contributed by atoms with Gasteiger partial charge in [0.15, 0.2) is 5.16 Å². The van der Waals surface area contributed by atoms with E-state index in [9.17, 15) is 0 Å². The van der Waals surface area contributed by atoms with Gasteiger partial charge in [0.2, 0.25) is 0 Å². The van der Waals surface area contributed by atoms with Crippen molar-refractivity contribution >= 4 is 34.6 Å². The van der Waals surface area contributed by atoms with E-state index in [-0.39, 0.29) is 0 Å². The van der Waals surface area contributed by atoms with Gasteiger partial charge in [-0.25, -0.2) is 4.98 Å². The minimum absolute atomic E-state index is 0.700. The number of benzene rings is 3. The Morgan fingerprint density at radius 1 is 0.733 bits per heavy atom. The predicted octanol–water partition coefficient (Wildman–Crippen LogP) is 5.73. The van der Waals surface area contributed by atoms with E-state index in [1.54, 1.807) is 23.5 Å². The van der Waals surface area contributed by atoms with Gasteiger partial charge in [0.1, 0.15) is 11.6 Å². The molecular formula is C23H19N5S2. The summed E-state index contributed by atoms with van der Waals surface area (Å²) in [6.45, 7) is 0. The van der Waals surface area contributed by atoms with Crippen molar-refractivity contribution < 1.29 is 0 Å². The molecule has 0 aliphatic heterocycles. The second-order valence-electron chi connectivity index (χ2n) is 6.66. The Labute approximate surface area is 183 Å². The normalized spacial score (nSPS) is 11.2. The number of imidazole rings is 1. The largest absolute Gasteiger partial charge is 0.341 e. The van der Waals surface area contributed by atoms with Crippen LogP contribution in [0, 0.1) is 0 Å². The molecule has 0 fully saturated rings. The molecule has 0 unspecified atom stereocenters. The van der Waals surface area contributed by atoms with Crippen molar-refractivity contribution in [1.29, 1.82) is 0 Å². The van der Waals surface area contributed by atoms with Crippen molar-refractivity contribution in [2.75, 3.05) is 0 Å². The number of thioether (sulfide) groups is 2. The van der Waals surface area contributed by atoms with Gasteiger partial charge in [-0.2, -0.15) is 0 Å². The number of fused-ring (bicyclic) bond motifs is 1. The van der Waals surface area contributed by atoms with Crippen molar-refractivity contribution in [3.63, 3.8) is 0 Å². The number of aromatic nitrogens is 5. The SMILES string of the molecule is c1ccc(SCc2nnc(SCc3nc4ccccc4[nH]3)n2-c2ccccc2)cc1. The molecule has 148 valence electrons. The van der Waals surface area contributed by atoms with Crippen LogP contribution in [0.5, 0.6) is 0 Å². The van der Waals surface area contributed by atoms with E-state index in [4.69, 9.17) is 0 Å². The van der Waals surface area contributed by atoms with Gasteiger partial charge in [0.25, 0.3) is 0 Å². The summed E-state index contributed by atoms with van der Waals surface area (Å²) in [5.41, 5.74) is 3.11. The van der Waals surface area contributed by atoms with Gasteiger partial charge >= 0.3 is 0 Å². The summed E-state index contributed by atoms with van der Waals surface area (Å²) in [5, 5.41) is 9.86. The molecular weight excluding hydrogens is 410 g/mol. The lowest BCUT2D eigenvalue weighted by Crippen LogP contribution is -2.02. The van der Waals surface area contributed by atoms with Crippen LogP contribution in [-0.4, -0.2) is 24.7 Å². The molecule has 0 saturated carbocycles. The van der Waals surface area contributed by atoms with Crippen LogP contribution in [0.15, 0.2) is 95.0 Å². The molecule has 5 aromatic rings. The van der Waals surface area contributed by atoms with E-state index >= 15 is 0 Å². The number of nitrogens with one attached hydrogen (secondary N) is 1. The zero-order chi connectivity index (χ0) is 20.2. The minimum atomic E-state index is 0.700. The molecule has 0 aliphatic carbocycles. The predicted molar refractivity (Wildman–Crippen MR) is 123 cm³/mol. The molecule has 30 heavy (non-hydrogen) atoms. The average Bonchev–Trinajstić information content (AvgIpc) is 3.41. The number of hydrogen-bond acceptors (Lipinski definition) is 5. The molecule has 0 bridgehead atoms. The second-order valence-corrected chi connectivity index (χ2v) is 8.65. The van der Waals surface area contributed by atoms with Gasteiger partial charge in [-0.3, -0.25) is 4.57 Å². The zero-order valence-corrected chi connectivity index (χ0v) is 17.7. The molecule has 3 aromatic carbocycles. The van der Waals surface area contributed by atoms with Crippen LogP contribution in [0.1, 0.15) is 11.6 Å². The first kappa shape index (κ1) is 19.0. The van der Waals surface area contributed by atoms with Crippen LogP contribution in [0.3, 0.4) is 0 Å². The third-order valence-corrected chi connectivity index (χ3v) is 6.55. The Kier molecular flexibility index (Phi) is 5.54. The highest BCUT2D eigenvalue weighted by Gasteiger charge is 2.15. The highest BCUT2D eigenvalue weighted by molar-refractivity contribution is 7.98. The Balaban J connectivity index is 1.40. The van der Waals surface area contributed by atoms with Gasteiger partial charge in [-0.15, -0.1) is 22.0 Å². The van der Waals surface area contributed by atoms with E-state index in [1.165, 1.54) is 4.90 Å². The molecule has 5 nitrogen and oxygen atoms in total. The number of rotatable bonds is 7. The fraction of sp³-hybridized carbons (Fsp3) is 0.0870. The van der Waals surface area contributed by atoms with Gasteiger partial charge in [0.05, 0.1) is 22.5 Å². The molecule has 1 N–H and O–H groups in total. The number of para-hydroxylation sites is 3. The molecule has 0 radical (unpaired) electrons. The number of aromatic amines is 1. The summed E-state index contributed by atoms with van der Waals surface area (Å²) in [7, 11) is 0. The molecule has 2 aromatic heterocycles. The van der Waals surface area contributed by atoms with Crippen LogP contribution in [0.25, 0.3) is 16.7 Å². The highest BCUT2D eigenvalue weighted by atomic mass is 32.2. The molecule has 0 spiro atoms. The Hall–Kier alpha value is -3.03. The fourth-order valence-corrected chi connectivity index (χ4v) is 4.87. The van der Waals surface area contributed by atoms with Crippen molar-refractivity contribution in [2.45, 2.75) is 21.6 Å². The Bertz CT molecular complexity index is 1220. The number of nitrogens with zero attached hydrogens (tertiary/aromatic N) is 4. The average molecular weight is 430 g/mol. The standard InChI is InChI=1S/C23H19N5S2/c1-3-9-17(10-4-1)28-22(16-29-18-11-5-2-6-12-18)26-27-23(28)30-15-21-24-19-13-7-8-14-20(19)25-21/h1-14H,15-16H2,(H,24,25). The Morgan fingerprint density at radius 2 is 1.47 bits per heavy atom. The topological polar surface area (TPSA) is 59.4 Å². The summed E-state index contributed by atoms with van der Waals surface area (Å²) in [6.07, 6.45) is 0. The second kappa shape index (κ2) is 8.77. The monoisotopic (exact) mass is 429 g/mol. The van der Waals surface area contributed by atoms with E-state index in [1.807, 2.05) is 48.5 Å². The van der Waals surface area contributed by atoms with Crippen LogP contribution < -0.4 is 0 Å². The van der Waals surface area contributed by atoms with E-state index < -0.39 is 0 Å². The first-order valence-corrected chi connectivity index (χ1v) is 11.6. The van der Waals surface area contributed by atoms with E-state index in [0.29, 0.717) is 5.75 Å². The minimum Gasteiger partial charge on any atom is -0.341 e. The highest BCUT2D eigenvalue weighted by Crippen LogP contribution is 2.28. The van der Waals surface area contributed by atoms with Gasteiger partial charge in [-0.05, 0) is 36.4 Å². The maximum Gasteiger partial charge on any atom is 0.196 e. The maximum atomic E-state index is 4.68. The molecule has 5 rings (SSSR count). The third kappa shape index (κ3) is 4.13. The van der Waals surface area contributed by atoms with Crippen LogP contribution in [-0.2, 0) is 11.5 Å². The lowest BCUT2D eigenvalue weighted by Gasteiger charge is -2.10. The fourth-order valence-electron chi connectivity index (χ4n) is 3.20. The molecule has 0 aliphatic rings. The van der Waals surface area contributed by atoms with Crippen molar-refractivity contribution in [3.8, 4) is 5.69 Å². The van der Waals surface area contributed by atoms with E-state index in [2.05, 4.69) is 61.1 Å². The Morgan fingerprint density at radius 3 is 2.27 bits per heavy atom. The third-order valence-electron chi connectivity index (χ3n) is 4.60. The lowest BCUT2D eigenvalue weighted by molar-refractivity contribution is 0.863. The quantitative estimate of drug-likeness (QED) is 0.335. The van der Waals surface area contributed by atoms with Crippen LogP contribution in [0.2, 0.25) is 0 Å². The van der Waals surface area contributed by atoms with Crippen molar-refractivity contribution in [1.82, 2.24) is 24.7 Å². The zero-order valence-electron chi connectivity index (χ0n) is 16.1. The number of hydrogen-bond donors (Lipinski definition) is 1. The summed E-state index contributed by atoms with van der Waals surface area (Å²) in [6, 6.07) is 28.7. The molecule has 0 atom stereocenters. The van der Waals surface area contributed by atoms with Gasteiger partial charge in [-0.1, -0.05) is 60.3 Å². The molecule has 2 heterocycles. The lowest BCUT2D eigenvalue weighted by atomic mass is 10.3.